The molecule has 0 N–H and O–H groups in total. The van der Waals surface area contributed by atoms with E-state index < -0.39 is 53.4 Å². The lowest BCUT2D eigenvalue weighted by Crippen LogP contribution is -2.53. The Kier molecular flexibility index (Phi) is 9.71. The third-order valence-corrected chi connectivity index (χ3v) is 3.99. The van der Waals surface area contributed by atoms with E-state index >= 15 is 0 Å². The van der Waals surface area contributed by atoms with Crippen molar-refractivity contribution in [2.24, 2.45) is 0 Å². The Morgan fingerprint density at radius 1 is 0.939 bits per heavy atom. The Hall–Kier alpha value is -2.82. The largest absolute Gasteiger partial charge is 0.457 e. The molecule has 0 aliphatic rings. The van der Waals surface area contributed by atoms with Gasteiger partial charge >= 0.3 is 24.1 Å². The van der Waals surface area contributed by atoms with E-state index in [-0.39, 0.29) is 18.1 Å². The smallest absolute Gasteiger partial charge is 0.416 e. The highest BCUT2D eigenvalue weighted by molar-refractivity contribution is 6.18. The summed E-state index contributed by atoms with van der Waals surface area (Å²) in [6.07, 6.45) is -8.55. The predicted octanol–water partition coefficient (Wildman–Crippen LogP) is 3.48. The van der Waals surface area contributed by atoms with Crippen LogP contribution in [0.4, 0.5) is 18.9 Å². The molecule has 0 aliphatic carbocycles. The van der Waals surface area contributed by atoms with Crippen LogP contribution in [0.1, 0.15) is 40.2 Å². The summed E-state index contributed by atoms with van der Waals surface area (Å²) in [6.45, 7) is 6.30. The van der Waals surface area contributed by atoms with Gasteiger partial charge in [-0.15, -0.1) is 11.6 Å². The molecule has 0 spiro atoms. The maximum atomic E-state index is 13.3. The van der Waals surface area contributed by atoms with Crippen molar-refractivity contribution in [1.29, 1.82) is 0 Å². The van der Waals surface area contributed by atoms with Crippen molar-refractivity contribution in [3.63, 3.8) is 0 Å². The summed E-state index contributed by atoms with van der Waals surface area (Å²) in [5, 5.41) is 0. The number of hydrogen-bond donors (Lipinski definition) is 0. The van der Waals surface area contributed by atoms with E-state index in [9.17, 15) is 32.3 Å². The number of hydrogen-bond acceptors (Lipinski definition) is 7. The van der Waals surface area contributed by atoms with Gasteiger partial charge in [-0.2, -0.15) is 13.2 Å². The number of rotatable bonds is 8. The van der Waals surface area contributed by atoms with Gasteiger partial charge in [-0.05, 0) is 45.0 Å². The van der Waals surface area contributed by atoms with Gasteiger partial charge in [-0.25, -0.2) is 4.79 Å². The van der Waals surface area contributed by atoms with Crippen molar-refractivity contribution in [1.82, 2.24) is 0 Å². The SMILES string of the molecule is CC(=O)O[C@@H](C(=O)OC(C)(C)C)[C@@H](OC(C)=O)C(=O)N(CCCl)c1ccc(C(F)(F)F)cc1. The second-order valence-electron chi connectivity index (χ2n) is 7.82. The van der Waals surface area contributed by atoms with Crippen LogP contribution in [0.25, 0.3) is 0 Å². The van der Waals surface area contributed by atoms with Gasteiger partial charge in [0.05, 0.1) is 5.56 Å². The topological polar surface area (TPSA) is 99.2 Å². The lowest BCUT2D eigenvalue weighted by Gasteiger charge is -2.31. The number of alkyl halides is 4. The fourth-order valence-electron chi connectivity index (χ4n) is 2.63. The zero-order valence-corrected chi connectivity index (χ0v) is 19.5. The molecule has 33 heavy (non-hydrogen) atoms. The summed E-state index contributed by atoms with van der Waals surface area (Å²) in [6, 6.07) is 3.54. The molecule has 0 fully saturated rings. The van der Waals surface area contributed by atoms with Crippen LogP contribution in [0, 0.1) is 0 Å². The van der Waals surface area contributed by atoms with E-state index in [0.29, 0.717) is 0 Å². The fraction of sp³-hybridized carbons (Fsp3) is 0.524. The number of halogens is 4. The lowest BCUT2D eigenvalue weighted by atomic mass is 10.1. The quantitative estimate of drug-likeness (QED) is 0.309. The summed E-state index contributed by atoms with van der Waals surface area (Å²) < 4.78 is 53.8. The number of carbonyl (C=O) groups excluding carboxylic acids is 4. The molecule has 1 aromatic carbocycles. The summed E-state index contributed by atoms with van der Waals surface area (Å²) in [5.41, 5.74) is -2.01. The van der Waals surface area contributed by atoms with Crippen molar-refractivity contribution in [3.8, 4) is 0 Å². The number of nitrogens with zero attached hydrogens (tertiary/aromatic N) is 1. The molecule has 184 valence electrons. The number of ether oxygens (including phenoxy) is 3. The molecular formula is C21H25ClF3NO7. The first-order chi connectivity index (χ1) is 15.1. The van der Waals surface area contributed by atoms with Crippen LogP contribution in [-0.4, -0.2) is 54.0 Å². The molecule has 0 aromatic heterocycles. The van der Waals surface area contributed by atoms with Crippen LogP contribution in [0.15, 0.2) is 24.3 Å². The van der Waals surface area contributed by atoms with E-state index in [4.69, 9.17) is 25.8 Å². The van der Waals surface area contributed by atoms with Crippen molar-refractivity contribution in [2.45, 2.75) is 58.6 Å². The Morgan fingerprint density at radius 2 is 1.42 bits per heavy atom. The third-order valence-electron chi connectivity index (χ3n) is 3.82. The van der Waals surface area contributed by atoms with Crippen LogP contribution in [0.3, 0.4) is 0 Å². The first-order valence-corrected chi connectivity index (χ1v) is 10.2. The summed E-state index contributed by atoms with van der Waals surface area (Å²) >= 11 is 5.76. The van der Waals surface area contributed by atoms with Crippen LogP contribution >= 0.6 is 11.6 Å². The average Bonchev–Trinajstić information content (AvgIpc) is 2.66. The molecular weight excluding hydrogens is 471 g/mol. The molecule has 12 heteroatoms. The van der Waals surface area contributed by atoms with E-state index in [1.54, 1.807) is 0 Å². The van der Waals surface area contributed by atoms with Crippen LogP contribution in [-0.2, 0) is 39.6 Å². The van der Waals surface area contributed by atoms with Crippen molar-refractivity contribution >= 4 is 41.1 Å². The fourth-order valence-corrected chi connectivity index (χ4v) is 2.80. The van der Waals surface area contributed by atoms with Gasteiger partial charge in [0.1, 0.15) is 5.60 Å². The third kappa shape index (κ3) is 8.91. The summed E-state index contributed by atoms with van der Waals surface area (Å²) in [5.74, 6) is -4.30. The van der Waals surface area contributed by atoms with Crippen LogP contribution in [0.5, 0.6) is 0 Å². The highest BCUT2D eigenvalue weighted by Crippen LogP contribution is 2.31. The van der Waals surface area contributed by atoms with E-state index in [1.807, 2.05) is 0 Å². The molecule has 0 unspecified atom stereocenters. The second-order valence-corrected chi connectivity index (χ2v) is 8.19. The Morgan fingerprint density at radius 3 is 1.82 bits per heavy atom. The number of esters is 3. The minimum Gasteiger partial charge on any atom is -0.457 e. The van der Waals surface area contributed by atoms with E-state index in [2.05, 4.69) is 0 Å². The molecule has 1 rings (SSSR count). The average molecular weight is 496 g/mol. The van der Waals surface area contributed by atoms with E-state index in [0.717, 1.165) is 43.0 Å². The van der Waals surface area contributed by atoms with Gasteiger partial charge in [0.25, 0.3) is 5.91 Å². The van der Waals surface area contributed by atoms with Gasteiger partial charge in [0, 0.05) is 32.0 Å². The van der Waals surface area contributed by atoms with Gasteiger partial charge in [0.15, 0.2) is 0 Å². The zero-order chi connectivity index (χ0) is 25.6. The van der Waals surface area contributed by atoms with E-state index in [1.165, 1.54) is 20.8 Å². The number of anilines is 1. The number of amides is 1. The number of benzene rings is 1. The van der Waals surface area contributed by atoms with Crippen molar-refractivity contribution < 1.29 is 46.6 Å². The van der Waals surface area contributed by atoms with Gasteiger partial charge in [0.2, 0.25) is 12.2 Å². The molecule has 0 saturated heterocycles. The lowest BCUT2D eigenvalue weighted by molar-refractivity contribution is -0.188. The van der Waals surface area contributed by atoms with Crippen LogP contribution in [0.2, 0.25) is 0 Å². The van der Waals surface area contributed by atoms with Gasteiger partial charge in [-0.1, -0.05) is 0 Å². The Balaban J connectivity index is 3.44. The maximum absolute atomic E-state index is 13.3. The molecule has 2 atom stereocenters. The molecule has 1 amide bonds. The molecule has 0 radical (unpaired) electrons. The highest BCUT2D eigenvalue weighted by atomic mass is 35.5. The predicted molar refractivity (Wildman–Crippen MR) is 111 cm³/mol. The Bertz CT molecular complexity index is 866. The molecule has 0 saturated carbocycles. The summed E-state index contributed by atoms with van der Waals surface area (Å²) in [7, 11) is 0. The Labute approximate surface area is 193 Å². The highest BCUT2D eigenvalue weighted by Gasteiger charge is 2.44. The second kappa shape index (κ2) is 11.4. The van der Waals surface area contributed by atoms with Gasteiger partial charge in [-0.3, -0.25) is 14.4 Å². The minimum absolute atomic E-state index is 0.0171. The normalized spacial score (nSPS) is 13.5. The first-order valence-electron chi connectivity index (χ1n) is 9.68. The molecule has 1 aromatic rings. The monoisotopic (exact) mass is 495 g/mol. The van der Waals surface area contributed by atoms with Gasteiger partial charge < -0.3 is 19.1 Å². The number of carbonyl (C=O) groups is 4. The molecule has 0 heterocycles. The molecule has 0 bridgehead atoms. The maximum Gasteiger partial charge on any atom is 0.416 e. The van der Waals surface area contributed by atoms with Crippen molar-refractivity contribution in [2.75, 3.05) is 17.3 Å². The minimum atomic E-state index is -4.60. The van der Waals surface area contributed by atoms with Crippen LogP contribution < -0.4 is 4.90 Å². The molecule has 0 aliphatic heterocycles. The standard InChI is InChI=1S/C21H25ClF3NO7/c1-12(27)31-16(17(32-13(2)28)19(30)33-20(3,4)5)18(29)26(11-10-22)15-8-6-14(7-9-15)21(23,24)25/h6-9,16-17H,10-11H2,1-5H3/t16-,17-/m1/s1. The first kappa shape index (κ1) is 28.2. The van der Waals surface area contributed by atoms with Crippen molar-refractivity contribution in [3.05, 3.63) is 29.8 Å². The zero-order valence-electron chi connectivity index (χ0n) is 18.7. The molecule has 8 nitrogen and oxygen atoms in total. The summed E-state index contributed by atoms with van der Waals surface area (Å²) in [4.78, 5) is 50.2.